The minimum atomic E-state index is 0.381. The first-order valence-electron chi connectivity index (χ1n) is 6.87. The molecular weight excluding hydrogens is 333 g/mol. The van der Waals surface area contributed by atoms with Gasteiger partial charge in [0.25, 0.3) is 0 Å². The lowest BCUT2D eigenvalue weighted by Crippen LogP contribution is -2.06. The summed E-state index contributed by atoms with van der Waals surface area (Å²) in [6.45, 7) is 0.381. The Hall–Kier alpha value is -2.37. The number of anilines is 1. The first-order valence-corrected chi connectivity index (χ1v) is 7.62. The molecule has 0 fully saturated rings. The van der Waals surface area contributed by atoms with Crippen molar-refractivity contribution in [3.05, 3.63) is 52.9 Å². The summed E-state index contributed by atoms with van der Waals surface area (Å²) in [5.41, 5.74) is 3.24. The van der Waals surface area contributed by atoms with Gasteiger partial charge in [0.2, 0.25) is 0 Å². The summed E-state index contributed by atoms with van der Waals surface area (Å²) in [6.07, 6.45) is 4.61. The van der Waals surface area contributed by atoms with E-state index in [4.69, 9.17) is 28.6 Å². The maximum atomic E-state index is 7.20. The highest BCUT2D eigenvalue weighted by molar-refractivity contribution is 6.36. The molecule has 2 aromatic heterocycles. The lowest BCUT2D eigenvalue weighted by atomic mass is 10.1. The second kappa shape index (κ2) is 6.81. The topological polar surface area (TPSA) is 77.5 Å². The third-order valence-electron chi connectivity index (χ3n) is 3.26. The summed E-state index contributed by atoms with van der Waals surface area (Å²) in [4.78, 5) is 11.7. The number of benzene rings is 1. The van der Waals surface area contributed by atoms with Crippen LogP contribution in [0.4, 0.5) is 5.82 Å². The van der Waals surface area contributed by atoms with Gasteiger partial charge < -0.3 is 15.7 Å². The van der Waals surface area contributed by atoms with Crippen molar-refractivity contribution < 1.29 is 0 Å². The van der Waals surface area contributed by atoms with Crippen LogP contribution in [0.15, 0.2) is 42.9 Å². The number of pyridine rings is 1. The van der Waals surface area contributed by atoms with Crippen molar-refractivity contribution in [2.24, 2.45) is 0 Å². The van der Waals surface area contributed by atoms with Crippen molar-refractivity contribution >= 4 is 35.2 Å². The number of hydrogen-bond donors (Lipinski definition) is 3. The third-order valence-corrected chi connectivity index (χ3v) is 3.81. The number of aromatic nitrogens is 3. The Morgan fingerprint density at radius 2 is 2.00 bits per heavy atom. The second-order valence-corrected chi connectivity index (χ2v) is 5.61. The highest BCUT2D eigenvalue weighted by Gasteiger charge is 2.12. The number of hydrogen-bond acceptors (Lipinski definition) is 4. The fraction of sp³-hybridized carbons (Fsp3) is 0.0625. The molecule has 0 atom stereocenters. The van der Waals surface area contributed by atoms with Crippen LogP contribution in [0.5, 0.6) is 0 Å². The van der Waals surface area contributed by atoms with Crippen LogP contribution in [0.3, 0.4) is 0 Å². The van der Waals surface area contributed by atoms with Crippen LogP contribution in [0, 0.1) is 5.41 Å². The van der Waals surface area contributed by atoms with Gasteiger partial charge in [-0.25, -0.2) is 9.97 Å². The SMILES string of the molecule is N=CCNc1nc(-c2ccc(Cl)cc2Cl)ccc1-c1cnc[nH]1. The summed E-state index contributed by atoms with van der Waals surface area (Å²) in [6, 6.07) is 9.13. The van der Waals surface area contributed by atoms with Gasteiger partial charge in [0.1, 0.15) is 5.82 Å². The summed E-state index contributed by atoms with van der Waals surface area (Å²) in [7, 11) is 0. The van der Waals surface area contributed by atoms with E-state index in [0.717, 1.165) is 22.5 Å². The van der Waals surface area contributed by atoms with Crippen molar-refractivity contribution in [3.8, 4) is 22.5 Å². The fourth-order valence-electron chi connectivity index (χ4n) is 2.21. The minimum absolute atomic E-state index is 0.381. The molecule has 0 saturated carbocycles. The molecule has 0 amide bonds. The number of aromatic amines is 1. The molecule has 0 aliphatic rings. The van der Waals surface area contributed by atoms with Gasteiger partial charge in [-0.3, -0.25) is 0 Å². The molecule has 2 heterocycles. The fourth-order valence-corrected chi connectivity index (χ4v) is 2.71. The van der Waals surface area contributed by atoms with E-state index < -0.39 is 0 Å². The van der Waals surface area contributed by atoms with E-state index in [1.807, 2.05) is 18.2 Å². The van der Waals surface area contributed by atoms with Gasteiger partial charge in [0.15, 0.2) is 0 Å². The van der Waals surface area contributed by atoms with E-state index in [-0.39, 0.29) is 0 Å². The van der Waals surface area contributed by atoms with Crippen LogP contribution >= 0.6 is 23.2 Å². The molecule has 0 radical (unpaired) electrons. The van der Waals surface area contributed by atoms with Crippen molar-refractivity contribution in [2.75, 3.05) is 11.9 Å². The standard InChI is InChI=1S/C16H13Cl2N5/c17-10-1-2-11(13(18)7-10)14-4-3-12(15-8-20-9-22-15)16(23-14)21-6-5-19/h1-5,7-9,19H,6H2,(H,20,22)(H,21,23). The van der Waals surface area contributed by atoms with Crippen LogP contribution in [0.1, 0.15) is 0 Å². The third kappa shape index (κ3) is 3.36. The van der Waals surface area contributed by atoms with E-state index in [1.165, 1.54) is 6.21 Å². The first-order chi connectivity index (χ1) is 11.2. The molecular formula is C16H13Cl2N5. The monoisotopic (exact) mass is 345 g/mol. The Morgan fingerprint density at radius 1 is 1.17 bits per heavy atom. The summed E-state index contributed by atoms with van der Waals surface area (Å²) < 4.78 is 0. The number of halogens is 2. The average Bonchev–Trinajstić information content (AvgIpc) is 3.07. The molecule has 0 saturated heterocycles. The molecule has 0 spiro atoms. The van der Waals surface area contributed by atoms with Crippen LogP contribution < -0.4 is 5.32 Å². The maximum absolute atomic E-state index is 7.20. The Balaban J connectivity index is 2.07. The zero-order chi connectivity index (χ0) is 16.2. The largest absolute Gasteiger partial charge is 0.364 e. The number of rotatable bonds is 5. The maximum Gasteiger partial charge on any atom is 0.136 e. The molecule has 0 unspecified atom stereocenters. The Bertz CT molecular complexity index is 830. The van der Waals surface area contributed by atoms with Crippen molar-refractivity contribution in [1.29, 1.82) is 5.41 Å². The molecule has 0 aliphatic carbocycles. The predicted octanol–water partition coefficient (Wildman–Crippen LogP) is 4.51. The van der Waals surface area contributed by atoms with E-state index in [2.05, 4.69) is 20.3 Å². The van der Waals surface area contributed by atoms with Crippen LogP contribution in [-0.2, 0) is 0 Å². The van der Waals surface area contributed by atoms with E-state index in [9.17, 15) is 0 Å². The van der Waals surface area contributed by atoms with Crippen molar-refractivity contribution in [1.82, 2.24) is 15.0 Å². The highest BCUT2D eigenvalue weighted by Crippen LogP contribution is 2.32. The van der Waals surface area contributed by atoms with Crippen molar-refractivity contribution in [3.63, 3.8) is 0 Å². The average molecular weight is 346 g/mol. The minimum Gasteiger partial charge on any atom is -0.364 e. The van der Waals surface area contributed by atoms with E-state index in [0.29, 0.717) is 22.4 Å². The first kappa shape index (κ1) is 15.5. The van der Waals surface area contributed by atoms with Gasteiger partial charge in [0.05, 0.1) is 35.5 Å². The van der Waals surface area contributed by atoms with Gasteiger partial charge >= 0.3 is 0 Å². The summed E-state index contributed by atoms with van der Waals surface area (Å²) in [5, 5.41) is 11.4. The van der Waals surface area contributed by atoms with Crippen LogP contribution in [0.2, 0.25) is 10.0 Å². The zero-order valence-electron chi connectivity index (χ0n) is 12.0. The van der Waals surface area contributed by atoms with E-state index >= 15 is 0 Å². The molecule has 3 rings (SSSR count). The molecule has 116 valence electrons. The Kier molecular flexibility index (Phi) is 4.60. The normalized spacial score (nSPS) is 10.5. The zero-order valence-corrected chi connectivity index (χ0v) is 13.5. The van der Waals surface area contributed by atoms with Gasteiger partial charge in [-0.2, -0.15) is 0 Å². The van der Waals surface area contributed by atoms with Crippen LogP contribution in [0.25, 0.3) is 22.5 Å². The molecule has 3 N–H and O–H groups in total. The second-order valence-electron chi connectivity index (χ2n) is 4.77. The number of nitrogens with one attached hydrogen (secondary N) is 3. The van der Waals surface area contributed by atoms with Gasteiger partial charge in [0, 0.05) is 22.4 Å². The molecule has 1 aromatic carbocycles. The summed E-state index contributed by atoms with van der Waals surface area (Å²) >= 11 is 12.2. The highest BCUT2D eigenvalue weighted by atomic mass is 35.5. The smallest absolute Gasteiger partial charge is 0.136 e. The van der Waals surface area contributed by atoms with E-state index in [1.54, 1.807) is 24.7 Å². The number of imidazole rings is 1. The number of nitrogens with zero attached hydrogens (tertiary/aromatic N) is 2. The Labute approximate surface area is 143 Å². The molecule has 0 bridgehead atoms. The van der Waals surface area contributed by atoms with Crippen molar-refractivity contribution in [2.45, 2.75) is 0 Å². The van der Waals surface area contributed by atoms with Gasteiger partial charge in [-0.05, 0) is 30.3 Å². The lowest BCUT2D eigenvalue weighted by molar-refractivity contribution is 1.24. The van der Waals surface area contributed by atoms with Crippen LogP contribution in [-0.4, -0.2) is 27.7 Å². The molecule has 23 heavy (non-hydrogen) atoms. The Morgan fingerprint density at radius 3 is 2.70 bits per heavy atom. The molecule has 0 aliphatic heterocycles. The van der Waals surface area contributed by atoms with Gasteiger partial charge in [-0.15, -0.1) is 0 Å². The lowest BCUT2D eigenvalue weighted by Gasteiger charge is -2.12. The molecule has 7 heteroatoms. The van der Waals surface area contributed by atoms with Gasteiger partial charge in [-0.1, -0.05) is 23.2 Å². The predicted molar refractivity (Wildman–Crippen MR) is 94.5 cm³/mol. The quantitative estimate of drug-likeness (QED) is 0.595. The molecule has 5 nitrogen and oxygen atoms in total. The molecule has 3 aromatic rings. The summed E-state index contributed by atoms with van der Waals surface area (Å²) in [5.74, 6) is 0.654. The number of H-pyrrole nitrogens is 1.